The normalized spacial score (nSPS) is 19.2. The molecule has 1 unspecified atom stereocenters. The van der Waals surface area contributed by atoms with Crippen molar-refractivity contribution in [1.29, 1.82) is 0 Å². The topological polar surface area (TPSA) is 163 Å². The zero-order valence-corrected chi connectivity index (χ0v) is 23.4. The second kappa shape index (κ2) is 17.7. The van der Waals surface area contributed by atoms with Crippen LogP contribution in [0.5, 0.6) is 0 Å². The molecule has 2 aromatic heterocycles. The molecule has 0 aliphatic carbocycles. The predicted octanol–water partition coefficient (Wildman–Crippen LogP) is 3.68. The summed E-state index contributed by atoms with van der Waals surface area (Å²) >= 11 is 0. The van der Waals surface area contributed by atoms with Crippen molar-refractivity contribution in [3.05, 3.63) is 54.2 Å². The van der Waals surface area contributed by atoms with Crippen molar-refractivity contribution < 1.29 is 83.1 Å². The van der Waals surface area contributed by atoms with Crippen molar-refractivity contribution in [1.82, 2.24) is 14.8 Å². The summed E-state index contributed by atoms with van der Waals surface area (Å²) in [5.41, 5.74) is 1.00. The van der Waals surface area contributed by atoms with E-state index in [1.54, 1.807) is 6.26 Å². The molecule has 21 heteroatoms. The van der Waals surface area contributed by atoms with Crippen LogP contribution >= 0.6 is 0 Å². The zero-order valence-electron chi connectivity index (χ0n) is 23.4. The number of hydrogen-bond donors (Lipinski definition) is 3. The number of carbonyl (C=O) groups is 3. The van der Waals surface area contributed by atoms with E-state index in [-0.39, 0.29) is 5.60 Å². The number of morpholine rings is 1. The molecule has 0 radical (unpaired) electrons. The van der Waals surface area contributed by atoms with E-state index in [9.17, 15) is 39.5 Å². The molecule has 2 fully saturated rings. The number of carboxylic acids is 3. The molecule has 2 aliphatic rings. The van der Waals surface area contributed by atoms with Crippen molar-refractivity contribution in [2.75, 3.05) is 46.0 Å². The Balaban J connectivity index is 0.000000413. The average Bonchev–Trinajstić information content (AvgIpc) is 3.37. The van der Waals surface area contributed by atoms with E-state index in [1.807, 2.05) is 24.5 Å². The number of aromatic nitrogens is 1. The number of pyridine rings is 1. The van der Waals surface area contributed by atoms with Gasteiger partial charge in [-0.3, -0.25) is 14.8 Å². The van der Waals surface area contributed by atoms with Crippen LogP contribution in [0.3, 0.4) is 0 Å². The first-order chi connectivity index (χ1) is 21.1. The lowest BCUT2D eigenvalue weighted by molar-refractivity contribution is -0.193. The summed E-state index contributed by atoms with van der Waals surface area (Å²) in [6.07, 6.45) is -9.82. The molecule has 0 amide bonds. The molecule has 2 saturated heterocycles. The minimum atomic E-state index is -5.08. The Hall–Kier alpha value is -3.95. The second-order valence-electron chi connectivity index (χ2n) is 9.35. The van der Waals surface area contributed by atoms with Gasteiger partial charge in [0.25, 0.3) is 0 Å². The Kier molecular flexibility index (Phi) is 15.4. The lowest BCUT2D eigenvalue weighted by Gasteiger charge is -2.43. The largest absolute Gasteiger partial charge is 0.490 e. The van der Waals surface area contributed by atoms with Crippen LogP contribution in [0.1, 0.15) is 11.3 Å². The van der Waals surface area contributed by atoms with Gasteiger partial charge in [0.05, 0.1) is 32.6 Å². The first-order valence-corrected chi connectivity index (χ1v) is 12.6. The van der Waals surface area contributed by atoms with E-state index >= 15 is 0 Å². The molecule has 0 bridgehead atoms. The number of carboxylic acid groups (broad SMARTS) is 3. The Morgan fingerprint density at radius 3 is 1.65 bits per heavy atom. The number of furan rings is 1. The molecule has 260 valence electrons. The van der Waals surface area contributed by atoms with Crippen LogP contribution < -0.4 is 0 Å². The Morgan fingerprint density at radius 1 is 0.761 bits per heavy atom. The fourth-order valence-electron chi connectivity index (χ4n) is 3.73. The van der Waals surface area contributed by atoms with Crippen LogP contribution in [0.25, 0.3) is 0 Å². The Morgan fingerprint density at radius 2 is 1.22 bits per heavy atom. The van der Waals surface area contributed by atoms with Gasteiger partial charge < -0.3 is 29.2 Å². The summed E-state index contributed by atoms with van der Waals surface area (Å²) in [6, 6.07) is 8.12. The highest BCUT2D eigenvalue weighted by molar-refractivity contribution is 5.73. The van der Waals surface area contributed by atoms with E-state index in [0.717, 1.165) is 58.2 Å². The second-order valence-corrected chi connectivity index (χ2v) is 9.35. The van der Waals surface area contributed by atoms with Crippen molar-refractivity contribution in [3.8, 4) is 0 Å². The first kappa shape index (κ1) is 40.1. The maximum absolute atomic E-state index is 10.6. The van der Waals surface area contributed by atoms with Gasteiger partial charge in [-0.25, -0.2) is 14.4 Å². The van der Waals surface area contributed by atoms with E-state index in [0.29, 0.717) is 6.61 Å². The summed E-state index contributed by atoms with van der Waals surface area (Å²) in [4.78, 5) is 35.6. The molecule has 12 nitrogen and oxygen atoms in total. The van der Waals surface area contributed by atoms with Gasteiger partial charge in [0, 0.05) is 45.1 Å². The summed E-state index contributed by atoms with van der Waals surface area (Å²) < 4.78 is 113. The average molecular weight is 685 g/mol. The molecular formula is C25H28F9N3O9. The molecule has 4 heterocycles. The van der Waals surface area contributed by atoms with E-state index < -0.39 is 36.4 Å². The van der Waals surface area contributed by atoms with E-state index in [2.05, 4.69) is 26.9 Å². The van der Waals surface area contributed by atoms with Crippen LogP contribution in [0.2, 0.25) is 0 Å². The molecule has 1 spiro atoms. The summed E-state index contributed by atoms with van der Waals surface area (Å²) in [6.45, 7) is 7.43. The molecule has 4 rings (SSSR count). The molecule has 0 saturated carbocycles. The van der Waals surface area contributed by atoms with Crippen LogP contribution in [0.15, 0.2) is 47.3 Å². The van der Waals surface area contributed by atoms with Crippen LogP contribution in [-0.2, 0) is 36.9 Å². The van der Waals surface area contributed by atoms with Gasteiger partial charge in [0.15, 0.2) is 0 Å². The fraction of sp³-hybridized carbons (Fsp3) is 0.520. The third kappa shape index (κ3) is 15.9. The smallest absolute Gasteiger partial charge is 0.475 e. The number of ether oxygens (including phenoxy) is 2. The maximum atomic E-state index is 10.6. The molecular weight excluding hydrogens is 657 g/mol. The minimum absolute atomic E-state index is 0.269. The molecule has 46 heavy (non-hydrogen) atoms. The highest BCUT2D eigenvalue weighted by Gasteiger charge is 2.41. The summed E-state index contributed by atoms with van der Waals surface area (Å²) in [5, 5.41) is 21.4. The summed E-state index contributed by atoms with van der Waals surface area (Å²) in [7, 11) is 0. The Bertz CT molecular complexity index is 1150. The van der Waals surface area contributed by atoms with Crippen molar-refractivity contribution in [3.63, 3.8) is 0 Å². The van der Waals surface area contributed by atoms with E-state index in [1.165, 1.54) is 5.56 Å². The fourth-order valence-corrected chi connectivity index (χ4v) is 3.73. The van der Waals surface area contributed by atoms with Crippen LogP contribution in [0, 0.1) is 0 Å². The number of rotatable bonds is 4. The number of nitrogens with zero attached hydrogens (tertiary/aromatic N) is 3. The van der Waals surface area contributed by atoms with Crippen molar-refractivity contribution in [2.24, 2.45) is 0 Å². The van der Waals surface area contributed by atoms with Gasteiger partial charge in [-0.2, -0.15) is 39.5 Å². The zero-order chi connectivity index (χ0) is 35.2. The molecule has 2 aromatic rings. The molecule has 2 aliphatic heterocycles. The molecule has 0 aromatic carbocycles. The number of halogens is 9. The monoisotopic (exact) mass is 685 g/mol. The first-order valence-electron chi connectivity index (χ1n) is 12.6. The van der Waals surface area contributed by atoms with Gasteiger partial charge in [0.1, 0.15) is 11.4 Å². The minimum Gasteiger partial charge on any atom is -0.475 e. The molecule has 1 atom stereocenters. The van der Waals surface area contributed by atoms with E-state index in [4.69, 9.17) is 43.6 Å². The van der Waals surface area contributed by atoms with Crippen LogP contribution in [0.4, 0.5) is 39.5 Å². The molecule has 3 N–H and O–H groups in total. The lowest BCUT2D eigenvalue weighted by atomic mass is 10.0. The lowest BCUT2D eigenvalue weighted by Crippen LogP contribution is -2.58. The van der Waals surface area contributed by atoms with Crippen molar-refractivity contribution in [2.45, 2.75) is 37.2 Å². The van der Waals surface area contributed by atoms with Crippen molar-refractivity contribution >= 4 is 17.9 Å². The quantitative estimate of drug-likeness (QED) is 0.401. The predicted molar refractivity (Wildman–Crippen MR) is 134 cm³/mol. The van der Waals surface area contributed by atoms with Gasteiger partial charge in [-0.15, -0.1) is 0 Å². The number of aliphatic carboxylic acids is 3. The van der Waals surface area contributed by atoms with Gasteiger partial charge in [-0.1, -0.05) is 0 Å². The SMILES string of the molecule is O=C(O)C(F)(F)F.O=C(O)C(F)(F)F.O=C(O)C(F)(F)F.c1coc(CN2CCOC3(COCCN(Cc4ccncc4)C3)C2)c1. The summed E-state index contributed by atoms with van der Waals surface area (Å²) in [5.74, 6) is -7.27. The van der Waals surface area contributed by atoms with Gasteiger partial charge in [0.2, 0.25) is 0 Å². The van der Waals surface area contributed by atoms with Crippen LogP contribution in [-0.4, -0.2) is 118 Å². The number of alkyl halides is 9. The highest BCUT2D eigenvalue weighted by Crippen LogP contribution is 2.25. The highest BCUT2D eigenvalue weighted by atomic mass is 19.4. The standard InChI is InChI=1S/C19H25N3O3.3C2HF3O2/c1-2-18(24-9-1)13-22-8-11-25-19(15-22)14-21(7-10-23-16-19)12-17-3-5-20-6-4-17;3*3-2(4,5)1(6)7/h1-6,9H,7-8,10-16H2;3*(H,6,7). The maximum Gasteiger partial charge on any atom is 0.490 e. The van der Waals surface area contributed by atoms with Gasteiger partial charge >= 0.3 is 36.4 Å². The third-order valence-corrected chi connectivity index (χ3v) is 5.60. The number of hydrogen-bond acceptors (Lipinski definition) is 9. The third-order valence-electron chi connectivity index (χ3n) is 5.60. The van der Waals surface area contributed by atoms with Gasteiger partial charge in [-0.05, 0) is 29.8 Å². The Labute approximate surface area is 253 Å².